The zero-order valence-electron chi connectivity index (χ0n) is 15.1. The van der Waals surface area contributed by atoms with E-state index in [9.17, 15) is 4.79 Å². The van der Waals surface area contributed by atoms with Gasteiger partial charge in [-0.2, -0.15) is 4.98 Å². The second kappa shape index (κ2) is 8.63. The van der Waals surface area contributed by atoms with Crippen molar-refractivity contribution >= 4 is 17.7 Å². The Morgan fingerprint density at radius 1 is 1.15 bits per heavy atom. The van der Waals surface area contributed by atoms with Gasteiger partial charge in [-0.1, -0.05) is 29.1 Å². The molecule has 8 nitrogen and oxygen atoms in total. The average Bonchev–Trinajstić information content (AvgIpc) is 3.13. The first-order valence-corrected chi connectivity index (χ1v) is 9.10. The van der Waals surface area contributed by atoms with Crippen LogP contribution in [0.15, 0.2) is 40.0 Å². The van der Waals surface area contributed by atoms with E-state index in [1.807, 2.05) is 38.1 Å². The standard InChI is InChI=1S/C18H18N4O4S/c1-11-8-12(2)20-18(19-11)27-10-16(23)25-9-15-21-17(22-26-15)13-6-4-5-7-14(13)24-3/h4-8H,9-10H2,1-3H3. The van der Waals surface area contributed by atoms with Crippen LogP contribution in [0.5, 0.6) is 5.75 Å². The summed E-state index contributed by atoms with van der Waals surface area (Å²) in [6.45, 7) is 3.66. The third-order valence-electron chi connectivity index (χ3n) is 3.45. The van der Waals surface area contributed by atoms with Gasteiger partial charge in [-0.3, -0.25) is 4.79 Å². The Kier molecular flexibility index (Phi) is 6.02. The van der Waals surface area contributed by atoms with Gasteiger partial charge in [-0.05, 0) is 32.0 Å². The number of esters is 1. The van der Waals surface area contributed by atoms with Crippen LogP contribution in [0, 0.1) is 13.8 Å². The summed E-state index contributed by atoms with van der Waals surface area (Å²) in [4.78, 5) is 24.7. The number of aromatic nitrogens is 4. The summed E-state index contributed by atoms with van der Waals surface area (Å²) in [7, 11) is 1.57. The maximum absolute atomic E-state index is 11.9. The fourth-order valence-electron chi connectivity index (χ4n) is 2.32. The summed E-state index contributed by atoms with van der Waals surface area (Å²) < 4.78 is 15.6. The first kappa shape index (κ1) is 18.8. The lowest BCUT2D eigenvalue weighted by Gasteiger charge is -2.03. The molecule has 1 aromatic carbocycles. The van der Waals surface area contributed by atoms with Crippen LogP contribution >= 0.6 is 11.8 Å². The lowest BCUT2D eigenvalue weighted by atomic mass is 10.2. The fourth-order valence-corrected chi connectivity index (χ4v) is 3.07. The lowest BCUT2D eigenvalue weighted by Crippen LogP contribution is -2.08. The Labute approximate surface area is 160 Å². The molecule has 3 aromatic rings. The van der Waals surface area contributed by atoms with Gasteiger partial charge in [0.2, 0.25) is 5.82 Å². The molecule has 0 unspecified atom stereocenters. The van der Waals surface area contributed by atoms with Gasteiger partial charge in [0, 0.05) is 11.4 Å². The van der Waals surface area contributed by atoms with Gasteiger partial charge < -0.3 is 14.0 Å². The van der Waals surface area contributed by atoms with Crippen LogP contribution < -0.4 is 4.74 Å². The number of thioether (sulfide) groups is 1. The Balaban J connectivity index is 1.54. The third-order valence-corrected chi connectivity index (χ3v) is 4.27. The van der Waals surface area contributed by atoms with Gasteiger partial charge in [0.1, 0.15) is 5.75 Å². The number of methoxy groups -OCH3 is 1. The fraction of sp³-hybridized carbons (Fsp3) is 0.278. The number of hydrogen-bond donors (Lipinski definition) is 0. The Morgan fingerprint density at radius 3 is 2.63 bits per heavy atom. The van der Waals surface area contributed by atoms with Crippen molar-refractivity contribution in [1.29, 1.82) is 0 Å². The second-order valence-corrected chi connectivity index (χ2v) is 6.54. The topological polar surface area (TPSA) is 100 Å². The molecule has 0 N–H and O–H groups in total. The number of nitrogens with zero attached hydrogens (tertiary/aromatic N) is 4. The van der Waals surface area contributed by atoms with Gasteiger partial charge in [0.05, 0.1) is 18.4 Å². The van der Waals surface area contributed by atoms with Crippen molar-refractivity contribution in [2.75, 3.05) is 12.9 Å². The molecule has 0 spiro atoms. The van der Waals surface area contributed by atoms with Crippen molar-refractivity contribution in [3.05, 3.63) is 47.6 Å². The van der Waals surface area contributed by atoms with E-state index in [0.717, 1.165) is 11.4 Å². The van der Waals surface area contributed by atoms with Crippen LogP contribution in [-0.2, 0) is 16.1 Å². The Bertz CT molecular complexity index is 924. The normalized spacial score (nSPS) is 10.6. The van der Waals surface area contributed by atoms with E-state index in [2.05, 4.69) is 20.1 Å². The molecule has 9 heteroatoms. The number of carbonyl (C=O) groups is 1. The van der Waals surface area contributed by atoms with Crippen molar-refractivity contribution < 1.29 is 18.8 Å². The summed E-state index contributed by atoms with van der Waals surface area (Å²) >= 11 is 1.22. The molecular weight excluding hydrogens is 368 g/mol. The largest absolute Gasteiger partial charge is 0.496 e. The molecule has 2 aromatic heterocycles. The minimum Gasteiger partial charge on any atom is -0.496 e. The Hall–Kier alpha value is -2.94. The van der Waals surface area contributed by atoms with Crippen LogP contribution in [0.25, 0.3) is 11.4 Å². The number of carbonyl (C=O) groups excluding carboxylic acids is 1. The molecule has 2 heterocycles. The lowest BCUT2D eigenvalue weighted by molar-refractivity contribution is -0.142. The monoisotopic (exact) mass is 386 g/mol. The van der Waals surface area contributed by atoms with Crippen LogP contribution in [-0.4, -0.2) is 38.9 Å². The number of benzene rings is 1. The summed E-state index contributed by atoms with van der Waals surface area (Å²) in [5.74, 6) is 0.885. The number of hydrogen-bond acceptors (Lipinski definition) is 9. The summed E-state index contributed by atoms with van der Waals surface area (Å²) in [6, 6.07) is 9.19. The highest BCUT2D eigenvalue weighted by molar-refractivity contribution is 7.99. The van der Waals surface area contributed by atoms with E-state index in [1.54, 1.807) is 13.2 Å². The van der Waals surface area contributed by atoms with E-state index in [-0.39, 0.29) is 18.3 Å². The molecule has 0 bridgehead atoms. The van der Waals surface area contributed by atoms with Gasteiger partial charge in [0.25, 0.3) is 5.89 Å². The van der Waals surface area contributed by atoms with E-state index < -0.39 is 5.97 Å². The highest BCUT2D eigenvalue weighted by Crippen LogP contribution is 2.27. The van der Waals surface area contributed by atoms with Gasteiger partial charge in [-0.15, -0.1) is 0 Å². The van der Waals surface area contributed by atoms with E-state index in [4.69, 9.17) is 14.0 Å². The zero-order valence-corrected chi connectivity index (χ0v) is 15.9. The van der Waals surface area contributed by atoms with Crippen molar-refractivity contribution in [2.24, 2.45) is 0 Å². The Morgan fingerprint density at radius 2 is 1.89 bits per heavy atom. The molecule has 0 radical (unpaired) electrons. The number of para-hydroxylation sites is 1. The quantitative estimate of drug-likeness (QED) is 0.344. The van der Waals surface area contributed by atoms with Crippen molar-refractivity contribution in [2.45, 2.75) is 25.6 Å². The predicted octanol–water partition coefficient (Wildman–Crippen LogP) is 2.99. The average molecular weight is 386 g/mol. The van der Waals surface area contributed by atoms with Crippen LogP contribution in [0.2, 0.25) is 0 Å². The third kappa shape index (κ3) is 5.04. The van der Waals surface area contributed by atoms with Gasteiger partial charge >= 0.3 is 5.97 Å². The summed E-state index contributed by atoms with van der Waals surface area (Å²) in [5, 5.41) is 4.45. The predicted molar refractivity (Wildman–Crippen MR) is 98.3 cm³/mol. The molecule has 0 saturated heterocycles. The van der Waals surface area contributed by atoms with Crippen molar-refractivity contribution in [1.82, 2.24) is 20.1 Å². The molecule has 0 fully saturated rings. The smallest absolute Gasteiger partial charge is 0.316 e. The number of rotatable bonds is 7. The molecule has 0 aliphatic carbocycles. The molecule has 0 amide bonds. The minimum atomic E-state index is -0.417. The van der Waals surface area contributed by atoms with E-state index in [0.29, 0.717) is 22.3 Å². The van der Waals surface area contributed by atoms with Crippen LogP contribution in [0.3, 0.4) is 0 Å². The van der Waals surface area contributed by atoms with Gasteiger partial charge in [0.15, 0.2) is 11.8 Å². The van der Waals surface area contributed by atoms with E-state index >= 15 is 0 Å². The SMILES string of the molecule is COc1ccccc1-c1noc(COC(=O)CSc2nc(C)cc(C)n2)n1. The maximum atomic E-state index is 11.9. The van der Waals surface area contributed by atoms with Crippen molar-refractivity contribution in [3.8, 4) is 17.1 Å². The molecule has 0 atom stereocenters. The highest BCUT2D eigenvalue weighted by Gasteiger charge is 2.14. The molecule has 0 aliphatic rings. The number of aryl methyl sites for hydroxylation is 2. The molecule has 27 heavy (non-hydrogen) atoms. The summed E-state index contributed by atoms with van der Waals surface area (Å²) in [5.41, 5.74) is 2.41. The zero-order chi connectivity index (χ0) is 19.2. The number of ether oxygens (including phenoxy) is 2. The molecule has 140 valence electrons. The van der Waals surface area contributed by atoms with Crippen LogP contribution in [0.4, 0.5) is 0 Å². The highest BCUT2D eigenvalue weighted by atomic mass is 32.2. The first-order valence-electron chi connectivity index (χ1n) is 8.12. The molecule has 0 aliphatic heterocycles. The molecular formula is C18H18N4O4S. The van der Waals surface area contributed by atoms with Crippen molar-refractivity contribution in [3.63, 3.8) is 0 Å². The van der Waals surface area contributed by atoms with Gasteiger partial charge in [-0.25, -0.2) is 9.97 Å². The summed E-state index contributed by atoms with van der Waals surface area (Å²) in [6.07, 6.45) is 0. The molecule has 0 saturated carbocycles. The molecule has 3 rings (SSSR count). The maximum Gasteiger partial charge on any atom is 0.316 e. The first-order chi connectivity index (χ1) is 13.0. The second-order valence-electron chi connectivity index (χ2n) is 5.59. The minimum absolute atomic E-state index is 0.0936. The van der Waals surface area contributed by atoms with Crippen LogP contribution in [0.1, 0.15) is 17.3 Å². The van der Waals surface area contributed by atoms with E-state index in [1.165, 1.54) is 11.8 Å².